The van der Waals surface area contributed by atoms with Gasteiger partial charge in [-0.25, -0.2) is 9.48 Å². The molecule has 2 amide bonds. The number of halogens is 1. The molecule has 2 aliphatic rings. The summed E-state index contributed by atoms with van der Waals surface area (Å²) in [5.74, 6) is -0.191. The number of nitrogens with zero attached hydrogens (tertiary/aromatic N) is 5. The highest BCUT2D eigenvalue weighted by atomic mass is 35.5. The Bertz CT molecular complexity index is 893. The van der Waals surface area contributed by atoms with Crippen molar-refractivity contribution >= 4 is 23.6 Å². The van der Waals surface area contributed by atoms with Crippen molar-refractivity contribution < 1.29 is 19.1 Å². The van der Waals surface area contributed by atoms with Gasteiger partial charge in [0, 0.05) is 31.2 Å². The zero-order chi connectivity index (χ0) is 20.4. The first-order valence-corrected chi connectivity index (χ1v) is 9.95. The Hall–Kier alpha value is -2.65. The average Bonchev–Trinajstić information content (AvgIpc) is 3.17. The van der Waals surface area contributed by atoms with Crippen molar-refractivity contribution in [3.8, 4) is 0 Å². The van der Waals surface area contributed by atoms with E-state index in [4.69, 9.17) is 21.1 Å². The molecule has 0 radical (unpaired) electrons. The van der Waals surface area contributed by atoms with Gasteiger partial charge in [-0.15, -0.1) is 5.10 Å². The fourth-order valence-corrected chi connectivity index (χ4v) is 3.64. The summed E-state index contributed by atoms with van der Waals surface area (Å²) in [6, 6.07) is 7.48. The zero-order valence-electron chi connectivity index (χ0n) is 16.1. The maximum atomic E-state index is 12.9. The molecule has 1 saturated heterocycles. The summed E-state index contributed by atoms with van der Waals surface area (Å²) in [7, 11) is 0. The summed E-state index contributed by atoms with van der Waals surface area (Å²) in [5.41, 5.74) is 1.98. The van der Waals surface area contributed by atoms with Gasteiger partial charge in [0.2, 0.25) is 0 Å². The van der Waals surface area contributed by atoms with Gasteiger partial charge in [-0.1, -0.05) is 28.9 Å². The first kappa shape index (κ1) is 19.7. The molecule has 29 heavy (non-hydrogen) atoms. The van der Waals surface area contributed by atoms with Crippen molar-refractivity contribution in [2.24, 2.45) is 0 Å². The third kappa shape index (κ3) is 4.06. The van der Waals surface area contributed by atoms with Gasteiger partial charge in [0.15, 0.2) is 5.69 Å². The topological polar surface area (TPSA) is 89.8 Å². The third-order valence-electron chi connectivity index (χ3n) is 5.13. The number of rotatable bonds is 3. The van der Waals surface area contributed by atoms with Crippen molar-refractivity contribution in [2.75, 3.05) is 32.8 Å². The summed E-state index contributed by atoms with van der Waals surface area (Å²) in [6.07, 6.45) is -0.514. The number of benzene rings is 1. The molecule has 154 valence electrons. The Morgan fingerprint density at radius 3 is 2.55 bits per heavy atom. The van der Waals surface area contributed by atoms with Gasteiger partial charge in [0.05, 0.1) is 25.5 Å². The first-order valence-electron chi connectivity index (χ1n) is 9.57. The molecule has 1 aromatic heterocycles. The lowest BCUT2D eigenvalue weighted by molar-refractivity contribution is -0.00203. The number of carbonyl (C=O) groups is 2. The van der Waals surface area contributed by atoms with Crippen molar-refractivity contribution in [2.45, 2.75) is 26.2 Å². The van der Waals surface area contributed by atoms with Gasteiger partial charge in [-0.05, 0) is 24.6 Å². The molecule has 10 heteroatoms. The molecule has 4 rings (SSSR count). The van der Waals surface area contributed by atoms with Crippen LogP contribution in [-0.2, 0) is 22.6 Å². The predicted octanol–water partition coefficient (Wildman–Crippen LogP) is 2.12. The van der Waals surface area contributed by atoms with Crippen molar-refractivity contribution in [1.82, 2.24) is 24.8 Å². The van der Waals surface area contributed by atoms with E-state index in [1.807, 2.05) is 24.3 Å². The summed E-state index contributed by atoms with van der Waals surface area (Å²) in [6.45, 7) is 4.56. The molecule has 0 N–H and O–H groups in total. The highest BCUT2D eigenvalue weighted by Crippen LogP contribution is 2.28. The smallest absolute Gasteiger partial charge is 0.409 e. The molecule has 1 aromatic carbocycles. The van der Waals surface area contributed by atoms with Crippen LogP contribution in [0.4, 0.5) is 4.79 Å². The summed E-state index contributed by atoms with van der Waals surface area (Å²) < 4.78 is 12.7. The van der Waals surface area contributed by atoms with E-state index in [1.165, 1.54) is 0 Å². The van der Waals surface area contributed by atoms with Crippen molar-refractivity contribution in [1.29, 1.82) is 0 Å². The molecule has 0 bridgehead atoms. The second-order valence-electron chi connectivity index (χ2n) is 6.90. The molecule has 0 unspecified atom stereocenters. The van der Waals surface area contributed by atoms with Crippen molar-refractivity contribution in [3.63, 3.8) is 0 Å². The van der Waals surface area contributed by atoms with Gasteiger partial charge in [0.25, 0.3) is 5.91 Å². The number of hydrogen-bond donors (Lipinski definition) is 0. The van der Waals surface area contributed by atoms with Gasteiger partial charge >= 0.3 is 6.09 Å². The van der Waals surface area contributed by atoms with Crippen LogP contribution in [0.2, 0.25) is 5.02 Å². The Kier molecular flexibility index (Phi) is 5.68. The minimum atomic E-state index is -0.345. The Balaban J connectivity index is 1.41. The summed E-state index contributed by atoms with van der Waals surface area (Å²) in [5, 5.41) is 8.94. The van der Waals surface area contributed by atoms with Crippen LogP contribution in [0.5, 0.6) is 0 Å². The summed E-state index contributed by atoms with van der Waals surface area (Å²) in [4.78, 5) is 28.0. The van der Waals surface area contributed by atoms with E-state index in [0.29, 0.717) is 55.7 Å². The lowest BCUT2D eigenvalue weighted by Crippen LogP contribution is -2.51. The van der Waals surface area contributed by atoms with Crippen LogP contribution in [-0.4, -0.2) is 69.6 Å². The van der Waals surface area contributed by atoms with Crippen molar-refractivity contribution in [3.05, 3.63) is 46.2 Å². The van der Waals surface area contributed by atoms with Crippen LogP contribution in [0.3, 0.4) is 0 Å². The SMILES string of the molecule is CCOC(=O)N1CCN(C(=O)c2nnn3c2CO[C@@H](c2ccc(Cl)cc2)C3)CC1. The van der Waals surface area contributed by atoms with Crippen LogP contribution in [0.25, 0.3) is 0 Å². The maximum Gasteiger partial charge on any atom is 0.409 e. The molecule has 3 heterocycles. The first-order chi connectivity index (χ1) is 14.1. The Labute approximate surface area is 173 Å². The van der Waals surface area contributed by atoms with Gasteiger partial charge in [-0.2, -0.15) is 0 Å². The highest BCUT2D eigenvalue weighted by Gasteiger charge is 2.32. The number of carbonyl (C=O) groups excluding carboxylic acids is 2. The number of amides is 2. The minimum Gasteiger partial charge on any atom is -0.450 e. The molecule has 0 spiro atoms. The maximum absolute atomic E-state index is 12.9. The average molecular weight is 420 g/mol. The van der Waals surface area contributed by atoms with E-state index in [-0.39, 0.29) is 24.7 Å². The fourth-order valence-electron chi connectivity index (χ4n) is 3.51. The van der Waals surface area contributed by atoms with E-state index >= 15 is 0 Å². The minimum absolute atomic E-state index is 0.169. The molecule has 1 atom stereocenters. The Morgan fingerprint density at radius 1 is 1.17 bits per heavy atom. The fraction of sp³-hybridized carbons (Fsp3) is 0.474. The second kappa shape index (κ2) is 8.38. The second-order valence-corrected chi connectivity index (χ2v) is 7.33. The Morgan fingerprint density at radius 2 is 1.86 bits per heavy atom. The molecule has 0 saturated carbocycles. The molecule has 0 aliphatic carbocycles. The lowest BCUT2D eigenvalue weighted by atomic mass is 10.1. The number of ether oxygens (including phenoxy) is 2. The number of hydrogen-bond acceptors (Lipinski definition) is 6. The van der Waals surface area contributed by atoms with Crippen LogP contribution in [0.15, 0.2) is 24.3 Å². The van der Waals surface area contributed by atoms with Gasteiger partial charge in [0.1, 0.15) is 6.10 Å². The molecule has 1 fully saturated rings. The van der Waals surface area contributed by atoms with Crippen LogP contribution >= 0.6 is 11.6 Å². The van der Waals surface area contributed by atoms with Gasteiger partial charge in [-0.3, -0.25) is 4.79 Å². The van der Waals surface area contributed by atoms with E-state index in [0.717, 1.165) is 5.56 Å². The molecular formula is C19H22ClN5O4. The normalized spacial score (nSPS) is 19.0. The van der Waals surface area contributed by atoms with E-state index < -0.39 is 0 Å². The van der Waals surface area contributed by atoms with Crippen LogP contribution < -0.4 is 0 Å². The summed E-state index contributed by atoms with van der Waals surface area (Å²) >= 11 is 5.95. The van der Waals surface area contributed by atoms with E-state index in [2.05, 4.69) is 10.3 Å². The largest absolute Gasteiger partial charge is 0.450 e. The molecule has 2 aliphatic heterocycles. The van der Waals surface area contributed by atoms with Gasteiger partial charge < -0.3 is 19.3 Å². The third-order valence-corrected chi connectivity index (χ3v) is 5.39. The van der Waals surface area contributed by atoms with Crippen LogP contribution in [0.1, 0.15) is 34.8 Å². The molecular weight excluding hydrogens is 398 g/mol. The van der Waals surface area contributed by atoms with Crippen LogP contribution in [0, 0.1) is 0 Å². The quantitative estimate of drug-likeness (QED) is 0.757. The standard InChI is InChI=1S/C19H22ClN5O4/c1-2-28-19(27)24-9-7-23(8-10-24)18(26)17-15-12-29-16(11-25(15)22-21-17)13-3-5-14(20)6-4-13/h3-6,16H,2,7-12H2,1H3/t16-/m1/s1. The molecule has 2 aromatic rings. The van der Waals surface area contributed by atoms with E-state index in [9.17, 15) is 9.59 Å². The number of fused-ring (bicyclic) bond motifs is 1. The highest BCUT2D eigenvalue weighted by molar-refractivity contribution is 6.30. The lowest BCUT2D eigenvalue weighted by Gasteiger charge is -2.33. The van der Waals surface area contributed by atoms with E-state index in [1.54, 1.807) is 21.4 Å². The number of aromatic nitrogens is 3. The molecule has 9 nitrogen and oxygen atoms in total. The number of piperazine rings is 1. The monoisotopic (exact) mass is 419 g/mol. The zero-order valence-corrected chi connectivity index (χ0v) is 16.8. The predicted molar refractivity (Wildman–Crippen MR) is 104 cm³/mol.